The predicted octanol–water partition coefficient (Wildman–Crippen LogP) is 1.67. The summed E-state index contributed by atoms with van der Waals surface area (Å²) in [6.07, 6.45) is 2.96. The first-order valence-electron chi connectivity index (χ1n) is 5.06. The Morgan fingerprint density at radius 2 is 2.12 bits per heavy atom. The topological polar surface area (TPSA) is 40.5 Å². The standard InChI is InChI=1S/C12H12BrNO2/c13-11-4-2-1-3-9(11)5-6-12(16)14-7-10(15)8-14/h1-6,10,15H,7-8H2/b6-5+. The number of nitrogens with zero attached hydrogens (tertiary/aromatic N) is 1. The lowest BCUT2D eigenvalue weighted by Gasteiger charge is -2.34. The number of β-amino-alcohol motifs (C(OH)–C–C–N with tert-alkyl or cyclic N) is 1. The zero-order chi connectivity index (χ0) is 11.5. The first kappa shape index (κ1) is 11.4. The molecular weight excluding hydrogens is 270 g/mol. The molecule has 1 N–H and O–H groups in total. The average Bonchev–Trinajstić information content (AvgIpc) is 2.23. The normalized spacial score (nSPS) is 16.5. The van der Waals surface area contributed by atoms with Gasteiger partial charge in [0.1, 0.15) is 0 Å². The van der Waals surface area contributed by atoms with Gasteiger partial charge in [-0.2, -0.15) is 0 Å². The highest BCUT2D eigenvalue weighted by atomic mass is 79.9. The first-order chi connectivity index (χ1) is 7.66. The third kappa shape index (κ3) is 2.51. The van der Waals surface area contributed by atoms with E-state index in [1.54, 1.807) is 11.0 Å². The van der Waals surface area contributed by atoms with Crippen LogP contribution in [0.5, 0.6) is 0 Å². The minimum Gasteiger partial charge on any atom is -0.389 e. The van der Waals surface area contributed by atoms with Gasteiger partial charge in [-0.25, -0.2) is 0 Å². The Labute approximate surface area is 103 Å². The summed E-state index contributed by atoms with van der Waals surface area (Å²) in [5.41, 5.74) is 0.969. The van der Waals surface area contributed by atoms with Gasteiger partial charge >= 0.3 is 0 Å². The summed E-state index contributed by atoms with van der Waals surface area (Å²) in [4.78, 5) is 13.2. The Kier molecular flexibility index (Phi) is 3.41. The van der Waals surface area contributed by atoms with Crippen LogP contribution < -0.4 is 0 Å². The summed E-state index contributed by atoms with van der Waals surface area (Å²) >= 11 is 3.41. The highest BCUT2D eigenvalue weighted by Crippen LogP contribution is 2.17. The highest BCUT2D eigenvalue weighted by Gasteiger charge is 2.26. The fourth-order valence-corrected chi connectivity index (χ4v) is 1.93. The molecule has 0 radical (unpaired) electrons. The van der Waals surface area contributed by atoms with Crippen LogP contribution >= 0.6 is 15.9 Å². The molecule has 0 bridgehead atoms. The van der Waals surface area contributed by atoms with Crippen LogP contribution in [0.2, 0.25) is 0 Å². The Morgan fingerprint density at radius 3 is 2.75 bits per heavy atom. The second-order valence-electron chi connectivity index (χ2n) is 3.75. The van der Waals surface area contributed by atoms with Gasteiger partial charge in [-0.15, -0.1) is 0 Å². The molecule has 2 rings (SSSR count). The molecule has 0 aliphatic carbocycles. The van der Waals surface area contributed by atoms with Gasteiger partial charge in [0.25, 0.3) is 0 Å². The maximum Gasteiger partial charge on any atom is 0.246 e. The molecule has 1 aliphatic heterocycles. The van der Waals surface area contributed by atoms with E-state index in [-0.39, 0.29) is 12.0 Å². The lowest BCUT2D eigenvalue weighted by Crippen LogP contribution is -2.52. The number of likely N-dealkylation sites (tertiary alicyclic amines) is 1. The third-order valence-electron chi connectivity index (χ3n) is 2.48. The minimum absolute atomic E-state index is 0.0546. The van der Waals surface area contributed by atoms with E-state index >= 15 is 0 Å². The minimum atomic E-state index is -0.346. The second kappa shape index (κ2) is 4.80. The molecule has 0 atom stereocenters. The summed E-state index contributed by atoms with van der Waals surface area (Å²) in [6, 6.07) is 7.70. The number of carbonyl (C=O) groups excluding carboxylic acids is 1. The molecule has 4 heteroatoms. The number of rotatable bonds is 2. The van der Waals surface area contributed by atoms with Gasteiger partial charge in [0.15, 0.2) is 0 Å². The maximum absolute atomic E-state index is 11.6. The van der Waals surface area contributed by atoms with E-state index in [1.807, 2.05) is 24.3 Å². The Balaban J connectivity index is 1.99. The van der Waals surface area contributed by atoms with Crippen LogP contribution in [-0.2, 0) is 4.79 Å². The molecule has 1 aromatic carbocycles. The van der Waals surface area contributed by atoms with E-state index < -0.39 is 0 Å². The summed E-state index contributed by atoms with van der Waals surface area (Å²) in [5, 5.41) is 9.07. The van der Waals surface area contributed by atoms with E-state index in [0.717, 1.165) is 10.0 Å². The smallest absolute Gasteiger partial charge is 0.246 e. The number of aliphatic hydroxyl groups is 1. The molecule has 1 heterocycles. The van der Waals surface area contributed by atoms with Crippen molar-refractivity contribution in [3.05, 3.63) is 40.4 Å². The molecule has 0 spiro atoms. The lowest BCUT2D eigenvalue weighted by atomic mass is 10.1. The van der Waals surface area contributed by atoms with Gasteiger partial charge in [-0.3, -0.25) is 4.79 Å². The van der Waals surface area contributed by atoms with Crippen LogP contribution in [0.25, 0.3) is 6.08 Å². The monoisotopic (exact) mass is 281 g/mol. The summed E-state index contributed by atoms with van der Waals surface area (Å²) in [5.74, 6) is -0.0546. The van der Waals surface area contributed by atoms with E-state index in [9.17, 15) is 4.79 Å². The van der Waals surface area contributed by atoms with Crippen molar-refractivity contribution in [2.75, 3.05) is 13.1 Å². The van der Waals surface area contributed by atoms with Crippen LogP contribution in [0, 0.1) is 0 Å². The van der Waals surface area contributed by atoms with Crippen molar-refractivity contribution in [3.8, 4) is 0 Å². The predicted molar refractivity (Wildman–Crippen MR) is 65.8 cm³/mol. The molecule has 3 nitrogen and oxygen atoms in total. The molecule has 1 aromatic rings. The van der Waals surface area contributed by atoms with Crippen LogP contribution in [0.4, 0.5) is 0 Å². The number of hydrogen-bond donors (Lipinski definition) is 1. The van der Waals surface area contributed by atoms with Crippen molar-refractivity contribution >= 4 is 27.9 Å². The van der Waals surface area contributed by atoms with Gasteiger partial charge in [0.05, 0.1) is 6.10 Å². The van der Waals surface area contributed by atoms with Gasteiger partial charge < -0.3 is 10.0 Å². The number of carbonyl (C=O) groups is 1. The van der Waals surface area contributed by atoms with E-state index in [0.29, 0.717) is 13.1 Å². The number of halogens is 1. The van der Waals surface area contributed by atoms with Crippen molar-refractivity contribution in [1.82, 2.24) is 4.90 Å². The van der Waals surface area contributed by atoms with Crippen molar-refractivity contribution in [3.63, 3.8) is 0 Å². The SMILES string of the molecule is O=C(/C=C/c1ccccc1Br)N1CC(O)C1. The Morgan fingerprint density at radius 1 is 1.44 bits per heavy atom. The molecule has 0 unspecified atom stereocenters. The number of hydrogen-bond acceptors (Lipinski definition) is 2. The van der Waals surface area contributed by atoms with Crippen LogP contribution in [0.15, 0.2) is 34.8 Å². The quantitative estimate of drug-likeness (QED) is 0.838. The van der Waals surface area contributed by atoms with Crippen LogP contribution in [0.1, 0.15) is 5.56 Å². The molecule has 1 amide bonds. The van der Waals surface area contributed by atoms with Crippen molar-refractivity contribution in [2.45, 2.75) is 6.10 Å². The molecule has 16 heavy (non-hydrogen) atoms. The third-order valence-corrected chi connectivity index (χ3v) is 3.21. The molecule has 0 saturated carbocycles. The summed E-state index contributed by atoms with van der Waals surface area (Å²) in [7, 11) is 0. The van der Waals surface area contributed by atoms with E-state index in [2.05, 4.69) is 15.9 Å². The molecule has 1 fully saturated rings. The zero-order valence-electron chi connectivity index (χ0n) is 8.64. The van der Waals surface area contributed by atoms with Crippen molar-refractivity contribution in [1.29, 1.82) is 0 Å². The van der Waals surface area contributed by atoms with Gasteiger partial charge in [-0.05, 0) is 17.7 Å². The zero-order valence-corrected chi connectivity index (χ0v) is 10.2. The number of amides is 1. The maximum atomic E-state index is 11.6. The summed E-state index contributed by atoms with van der Waals surface area (Å²) in [6.45, 7) is 0.887. The fraction of sp³-hybridized carbons (Fsp3) is 0.250. The first-order valence-corrected chi connectivity index (χ1v) is 5.85. The second-order valence-corrected chi connectivity index (χ2v) is 4.61. The Bertz CT molecular complexity index is 425. The molecule has 1 saturated heterocycles. The van der Waals surface area contributed by atoms with Gasteiger partial charge in [-0.1, -0.05) is 34.1 Å². The van der Waals surface area contributed by atoms with Crippen LogP contribution in [-0.4, -0.2) is 35.1 Å². The molecule has 1 aliphatic rings. The molecule has 0 aromatic heterocycles. The van der Waals surface area contributed by atoms with E-state index in [4.69, 9.17) is 5.11 Å². The fourth-order valence-electron chi connectivity index (χ4n) is 1.51. The average molecular weight is 282 g/mol. The van der Waals surface area contributed by atoms with E-state index in [1.165, 1.54) is 6.08 Å². The lowest BCUT2D eigenvalue weighted by molar-refractivity contribution is -0.135. The molecular formula is C12H12BrNO2. The van der Waals surface area contributed by atoms with Crippen LogP contribution in [0.3, 0.4) is 0 Å². The van der Waals surface area contributed by atoms with Gasteiger partial charge in [0.2, 0.25) is 5.91 Å². The number of benzene rings is 1. The van der Waals surface area contributed by atoms with Gasteiger partial charge in [0, 0.05) is 23.6 Å². The number of aliphatic hydroxyl groups excluding tert-OH is 1. The Hall–Kier alpha value is -1.13. The summed E-state index contributed by atoms with van der Waals surface area (Å²) < 4.78 is 0.961. The van der Waals surface area contributed by atoms with Crippen molar-refractivity contribution in [2.24, 2.45) is 0 Å². The molecule has 84 valence electrons. The highest BCUT2D eigenvalue weighted by molar-refractivity contribution is 9.10. The van der Waals surface area contributed by atoms with Crippen molar-refractivity contribution < 1.29 is 9.90 Å². The largest absolute Gasteiger partial charge is 0.389 e.